The van der Waals surface area contributed by atoms with Gasteiger partial charge in [-0.05, 0) is 63.3 Å². The number of aryl methyl sites for hydroxylation is 1. The van der Waals surface area contributed by atoms with Crippen LogP contribution in [0, 0.1) is 6.92 Å². The van der Waals surface area contributed by atoms with E-state index in [1.54, 1.807) is 42.5 Å². The smallest absolute Gasteiger partial charge is 0.269 e. The van der Waals surface area contributed by atoms with Gasteiger partial charge in [0.05, 0.1) is 6.10 Å². The normalized spacial score (nSPS) is 10.2. The van der Waals surface area contributed by atoms with Gasteiger partial charge >= 0.3 is 0 Å². The summed E-state index contributed by atoms with van der Waals surface area (Å²) in [6.45, 7) is 5.71. The van der Waals surface area contributed by atoms with E-state index in [4.69, 9.17) is 17.0 Å². The van der Waals surface area contributed by atoms with Crippen molar-refractivity contribution in [3.63, 3.8) is 0 Å². The first-order valence-corrected chi connectivity index (χ1v) is 8.51. The van der Waals surface area contributed by atoms with Crippen LogP contribution in [0.3, 0.4) is 0 Å². The van der Waals surface area contributed by atoms with Crippen molar-refractivity contribution in [3.05, 3.63) is 65.2 Å². The van der Waals surface area contributed by atoms with Crippen molar-refractivity contribution >= 4 is 29.1 Å². The molecular weight excluding hydrogens is 350 g/mol. The minimum absolute atomic E-state index is 0.00731. The Morgan fingerprint density at radius 3 is 2.27 bits per heavy atom. The van der Waals surface area contributed by atoms with E-state index in [-0.39, 0.29) is 17.1 Å². The van der Waals surface area contributed by atoms with Gasteiger partial charge in [-0.3, -0.25) is 25.8 Å². The Kier molecular flexibility index (Phi) is 6.68. The van der Waals surface area contributed by atoms with Crippen molar-refractivity contribution < 1.29 is 14.3 Å². The molecule has 7 heteroatoms. The average molecular weight is 371 g/mol. The topological polar surface area (TPSA) is 79.5 Å². The fourth-order valence-corrected chi connectivity index (χ4v) is 2.31. The highest BCUT2D eigenvalue weighted by Crippen LogP contribution is 2.14. The number of carbonyl (C=O) groups is 2. The van der Waals surface area contributed by atoms with Crippen LogP contribution in [0.5, 0.6) is 5.75 Å². The molecule has 0 aliphatic rings. The number of thiocarbonyl (C=S) groups is 1. The quantitative estimate of drug-likeness (QED) is 0.569. The molecule has 0 radical (unpaired) electrons. The third-order valence-corrected chi connectivity index (χ3v) is 3.47. The van der Waals surface area contributed by atoms with Crippen LogP contribution in [0.4, 0.5) is 0 Å². The molecule has 0 fully saturated rings. The van der Waals surface area contributed by atoms with Crippen LogP contribution in [0.15, 0.2) is 48.5 Å². The molecule has 2 aromatic carbocycles. The van der Waals surface area contributed by atoms with Gasteiger partial charge in [0.2, 0.25) is 0 Å². The van der Waals surface area contributed by atoms with E-state index in [9.17, 15) is 9.59 Å². The van der Waals surface area contributed by atoms with Gasteiger partial charge in [-0.1, -0.05) is 23.8 Å². The lowest BCUT2D eigenvalue weighted by molar-refractivity contribution is 0.0934. The first kappa shape index (κ1) is 19.4. The Hall–Kier alpha value is -2.93. The lowest BCUT2D eigenvalue weighted by Crippen LogP contribution is -2.48. The number of hydrazine groups is 1. The maximum absolute atomic E-state index is 12.2. The van der Waals surface area contributed by atoms with Gasteiger partial charge in [0, 0.05) is 11.1 Å². The molecule has 6 nitrogen and oxygen atoms in total. The molecule has 0 aliphatic heterocycles. The molecule has 0 aliphatic carbocycles. The van der Waals surface area contributed by atoms with E-state index in [0.717, 1.165) is 5.56 Å². The average Bonchev–Trinajstić information content (AvgIpc) is 2.59. The summed E-state index contributed by atoms with van der Waals surface area (Å²) >= 11 is 5.04. The van der Waals surface area contributed by atoms with E-state index in [1.807, 2.05) is 26.8 Å². The minimum atomic E-state index is -0.401. The third-order valence-electron chi connectivity index (χ3n) is 3.26. The molecule has 2 amide bonds. The zero-order valence-electron chi connectivity index (χ0n) is 14.8. The van der Waals surface area contributed by atoms with Gasteiger partial charge in [-0.2, -0.15) is 0 Å². The Morgan fingerprint density at radius 1 is 0.962 bits per heavy atom. The largest absolute Gasteiger partial charge is 0.491 e. The van der Waals surface area contributed by atoms with Crippen molar-refractivity contribution in [2.24, 2.45) is 0 Å². The molecule has 0 bridgehead atoms. The van der Waals surface area contributed by atoms with Crippen LogP contribution in [0.25, 0.3) is 0 Å². The SMILES string of the molecule is Cc1cccc(C(=O)NNC(=S)NC(=O)c2cccc(OC(C)C)c2)c1. The van der Waals surface area contributed by atoms with Gasteiger partial charge in [0.1, 0.15) is 5.75 Å². The summed E-state index contributed by atoms with van der Waals surface area (Å²) in [5, 5.41) is 2.50. The zero-order chi connectivity index (χ0) is 19.1. The van der Waals surface area contributed by atoms with E-state index >= 15 is 0 Å². The van der Waals surface area contributed by atoms with Gasteiger partial charge in [0.25, 0.3) is 11.8 Å². The van der Waals surface area contributed by atoms with Crippen molar-refractivity contribution in [2.45, 2.75) is 26.9 Å². The molecule has 2 rings (SSSR count). The fourth-order valence-electron chi connectivity index (χ4n) is 2.16. The van der Waals surface area contributed by atoms with E-state index < -0.39 is 5.91 Å². The van der Waals surface area contributed by atoms with E-state index in [0.29, 0.717) is 16.9 Å². The van der Waals surface area contributed by atoms with Gasteiger partial charge in [-0.15, -0.1) is 0 Å². The number of hydrogen-bond donors (Lipinski definition) is 3. The highest BCUT2D eigenvalue weighted by molar-refractivity contribution is 7.80. The molecule has 0 saturated carbocycles. The molecule has 136 valence electrons. The lowest BCUT2D eigenvalue weighted by Gasteiger charge is -2.12. The minimum Gasteiger partial charge on any atom is -0.491 e. The third kappa shape index (κ3) is 5.86. The van der Waals surface area contributed by atoms with Crippen LogP contribution in [-0.2, 0) is 0 Å². The van der Waals surface area contributed by atoms with Crippen LogP contribution in [0.1, 0.15) is 40.1 Å². The number of hydrogen-bond acceptors (Lipinski definition) is 4. The van der Waals surface area contributed by atoms with Gasteiger partial charge in [-0.25, -0.2) is 0 Å². The Labute approximate surface area is 157 Å². The number of rotatable bonds is 4. The summed E-state index contributed by atoms with van der Waals surface area (Å²) in [4.78, 5) is 24.3. The maximum Gasteiger partial charge on any atom is 0.269 e. The Morgan fingerprint density at radius 2 is 1.62 bits per heavy atom. The molecule has 2 aromatic rings. The zero-order valence-corrected chi connectivity index (χ0v) is 15.6. The highest BCUT2D eigenvalue weighted by Gasteiger charge is 2.11. The molecular formula is C19H21N3O3S. The number of amides is 2. The van der Waals surface area contributed by atoms with Crippen molar-refractivity contribution in [3.8, 4) is 5.75 Å². The van der Waals surface area contributed by atoms with Crippen LogP contribution in [-0.4, -0.2) is 23.0 Å². The maximum atomic E-state index is 12.2. The van der Waals surface area contributed by atoms with Crippen LogP contribution >= 0.6 is 12.2 Å². The standard InChI is InChI=1S/C19H21N3O3S/c1-12(2)25-16-9-5-8-15(11-16)17(23)20-19(26)22-21-18(24)14-7-4-6-13(3)10-14/h4-12H,1-3H3,(H,21,24)(H2,20,22,23,26). The van der Waals surface area contributed by atoms with Gasteiger partial charge < -0.3 is 4.74 Å². The molecule has 26 heavy (non-hydrogen) atoms. The predicted molar refractivity (Wildman–Crippen MR) is 104 cm³/mol. The lowest BCUT2D eigenvalue weighted by atomic mass is 10.1. The first-order valence-electron chi connectivity index (χ1n) is 8.10. The van der Waals surface area contributed by atoms with Crippen molar-refractivity contribution in [2.75, 3.05) is 0 Å². The molecule has 0 unspecified atom stereocenters. The Bertz CT molecular complexity index is 821. The molecule has 3 N–H and O–H groups in total. The second-order valence-corrected chi connectivity index (χ2v) is 6.33. The second-order valence-electron chi connectivity index (χ2n) is 5.93. The number of carbonyl (C=O) groups excluding carboxylic acids is 2. The summed E-state index contributed by atoms with van der Waals surface area (Å²) in [7, 11) is 0. The summed E-state index contributed by atoms with van der Waals surface area (Å²) < 4.78 is 5.56. The van der Waals surface area contributed by atoms with Crippen LogP contribution in [0.2, 0.25) is 0 Å². The Balaban J connectivity index is 1.89. The molecule has 0 aromatic heterocycles. The van der Waals surface area contributed by atoms with Gasteiger partial charge in [0.15, 0.2) is 5.11 Å². The summed E-state index contributed by atoms with van der Waals surface area (Å²) in [5.74, 6) is -0.154. The first-order chi connectivity index (χ1) is 12.3. The fraction of sp³-hybridized carbons (Fsp3) is 0.211. The van der Waals surface area contributed by atoms with E-state index in [1.165, 1.54) is 0 Å². The van der Waals surface area contributed by atoms with Crippen molar-refractivity contribution in [1.82, 2.24) is 16.2 Å². The summed E-state index contributed by atoms with van der Waals surface area (Å²) in [6.07, 6.45) is 0.00731. The van der Waals surface area contributed by atoms with Crippen molar-refractivity contribution in [1.29, 1.82) is 0 Å². The molecule has 0 spiro atoms. The number of nitrogens with one attached hydrogen (secondary N) is 3. The second kappa shape index (κ2) is 8.96. The van der Waals surface area contributed by atoms with E-state index in [2.05, 4.69) is 16.2 Å². The highest BCUT2D eigenvalue weighted by atomic mass is 32.1. The molecule has 0 atom stereocenters. The molecule has 0 saturated heterocycles. The number of benzene rings is 2. The molecule has 0 heterocycles. The summed E-state index contributed by atoms with van der Waals surface area (Å²) in [6, 6.07) is 13.9. The number of ether oxygens (including phenoxy) is 1. The monoisotopic (exact) mass is 371 g/mol. The van der Waals surface area contributed by atoms with Crippen LogP contribution < -0.4 is 20.9 Å². The summed E-state index contributed by atoms with van der Waals surface area (Å²) in [5.41, 5.74) is 6.83. The predicted octanol–water partition coefficient (Wildman–Crippen LogP) is 2.73.